The molecule has 0 unspecified atom stereocenters. The summed E-state index contributed by atoms with van der Waals surface area (Å²) < 4.78 is 10.7. The molecule has 3 rings (SSSR count). The van der Waals surface area contributed by atoms with Gasteiger partial charge in [0.15, 0.2) is 0 Å². The third-order valence-corrected chi connectivity index (χ3v) is 4.17. The van der Waals surface area contributed by atoms with Gasteiger partial charge >= 0.3 is 5.97 Å². The minimum atomic E-state index is -0.459. The van der Waals surface area contributed by atoms with E-state index in [1.165, 1.54) is 12.1 Å². The number of carbonyl (C=O) groups is 1. The Morgan fingerprint density at radius 1 is 1.10 bits per heavy atom. The maximum absolute atomic E-state index is 11.6. The van der Waals surface area contributed by atoms with Gasteiger partial charge in [-0.25, -0.2) is 9.97 Å². The Balaban J connectivity index is 1.68. The molecular formula is C22H22N4O5. The van der Waals surface area contributed by atoms with Crippen LogP contribution in [0.15, 0.2) is 54.6 Å². The van der Waals surface area contributed by atoms with Crippen molar-refractivity contribution in [3.05, 3.63) is 76.2 Å². The smallest absolute Gasteiger partial charge is 0.306 e. The fraction of sp³-hybridized carbons (Fsp3) is 0.227. The number of nitro benzene ring substituents is 1. The quantitative estimate of drug-likeness (QED) is 0.299. The van der Waals surface area contributed by atoms with Crippen molar-refractivity contribution >= 4 is 23.2 Å². The van der Waals surface area contributed by atoms with Crippen LogP contribution >= 0.6 is 0 Å². The molecular weight excluding hydrogens is 400 g/mol. The molecule has 0 radical (unpaired) electrons. The molecule has 0 fully saturated rings. The number of non-ortho nitro benzene ring substituents is 1. The third kappa shape index (κ3) is 6.49. The van der Waals surface area contributed by atoms with Gasteiger partial charge in [0, 0.05) is 42.1 Å². The van der Waals surface area contributed by atoms with Crippen molar-refractivity contribution in [2.45, 2.75) is 26.7 Å². The van der Waals surface area contributed by atoms with E-state index in [4.69, 9.17) is 9.47 Å². The van der Waals surface area contributed by atoms with E-state index in [0.717, 1.165) is 11.4 Å². The third-order valence-electron chi connectivity index (χ3n) is 4.17. The number of esters is 1. The molecule has 0 saturated carbocycles. The first kappa shape index (κ1) is 21.7. The van der Waals surface area contributed by atoms with Crippen molar-refractivity contribution in [3.63, 3.8) is 0 Å². The lowest BCUT2D eigenvalue weighted by atomic mass is 10.2. The van der Waals surface area contributed by atoms with Crippen molar-refractivity contribution in [3.8, 4) is 11.5 Å². The summed E-state index contributed by atoms with van der Waals surface area (Å²) in [5.74, 6) is 1.97. The van der Waals surface area contributed by atoms with Crippen LogP contribution in [-0.2, 0) is 16.0 Å². The highest BCUT2D eigenvalue weighted by molar-refractivity contribution is 5.69. The summed E-state index contributed by atoms with van der Waals surface area (Å²) in [6.45, 7) is 3.91. The van der Waals surface area contributed by atoms with Gasteiger partial charge in [0.05, 0.1) is 18.0 Å². The number of aromatic nitrogens is 2. The lowest BCUT2D eigenvalue weighted by Crippen LogP contribution is -2.07. The fourth-order valence-corrected chi connectivity index (χ4v) is 2.84. The van der Waals surface area contributed by atoms with Crippen LogP contribution in [0.4, 0.5) is 17.2 Å². The van der Waals surface area contributed by atoms with Gasteiger partial charge in [-0.05, 0) is 38.1 Å². The van der Waals surface area contributed by atoms with Crippen LogP contribution in [0.3, 0.4) is 0 Å². The molecule has 0 amide bonds. The number of benzene rings is 2. The minimum Gasteiger partial charge on any atom is -0.466 e. The normalized spacial score (nSPS) is 10.4. The van der Waals surface area contributed by atoms with Gasteiger partial charge in [-0.2, -0.15) is 0 Å². The molecule has 9 nitrogen and oxygen atoms in total. The molecule has 31 heavy (non-hydrogen) atoms. The van der Waals surface area contributed by atoms with Crippen LogP contribution in [0.1, 0.15) is 24.9 Å². The van der Waals surface area contributed by atoms with E-state index in [-0.39, 0.29) is 18.1 Å². The van der Waals surface area contributed by atoms with Crippen molar-refractivity contribution < 1.29 is 19.2 Å². The van der Waals surface area contributed by atoms with Gasteiger partial charge in [-0.15, -0.1) is 0 Å². The number of anilines is 2. The molecule has 0 atom stereocenters. The highest BCUT2D eigenvalue weighted by Crippen LogP contribution is 2.27. The molecule has 9 heteroatoms. The predicted molar refractivity (Wildman–Crippen MR) is 115 cm³/mol. The zero-order valence-electron chi connectivity index (χ0n) is 17.2. The lowest BCUT2D eigenvalue weighted by molar-refractivity contribution is -0.384. The Morgan fingerprint density at radius 3 is 2.58 bits per heavy atom. The second-order valence-corrected chi connectivity index (χ2v) is 6.60. The van der Waals surface area contributed by atoms with E-state index < -0.39 is 4.92 Å². The Kier molecular flexibility index (Phi) is 7.10. The summed E-state index contributed by atoms with van der Waals surface area (Å²) in [6, 6.07) is 14.9. The van der Waals surface area contributed by atoms with Crippen LogP contribution < -0.4 is 10.1 Å². The van der Waals surface area contributed by atoms with Crippen LogP contribution in [-0.4, -0.2) is 27.5 Å². The SMILES string of the molecule is CCOC(=O)CCc1cc(Nc2cccc(Oc3ccc([N+](=O)[O-])cc3)c2)nc(C)n1. The number of ether oxygens (including phenoxy) is 2. The van der Waals surface area contributed by atoms with Crippen LogP contribution in [0.5, 0.6) is 11.5 Å². The van der Waals surface area contributed by atoms with Crippen LogP contribution in [0.2, 0.25) is 0 Å². The van der Waals surface area contributed by atoms with Crippen LogP contribution in [0, 0.1) is 17.0 Å². The Morgan fingerprint density at radius 2 is 1.87 bits per heavy atom. The molecule has 1 N–H and O–H groups in total. The average Bonchev–Trinajstić information content (AvgIpc) is 2.73. The van der Waals surface area contributed by atoms with Gasteiger partial charge in [-0.1, -0.05) is 6.07 Å². The van der Waals surface area contributed by atoms with E-state index >= 15 is 0 Å². The summed E-state index contributed by atoms with van der Waals surface area (Å²) in [6.07, 6.45) is 0.711. The number of nitro groups is 1. The summed E-state index contributed by atoms with van der Waals surface area (Å²) >= 11 is 0. The van der Waals surface area contributed by atoms with Crippen molar-refractivity contribution in [1.29, 1.82) is 0 Å². The molecule has 0 saturated heterocycles. The number of rotatable bonds is 9. The highest BCUT2D eigenvalue weighted by Gasteiger charge is 2.08. The first-order valence-corrected chi connectivity index (χ1v) is 9.72. The van der Waals surface area contributed by atoms with Gasteiger partial charge in [0.1, 0.15) is 23.1 Å². The van der Waals surface area contributed by atoms with Gasteiger partial charge in [0.25, 0.3) is 5.69 Å². The molecule has 0 bridgehead atoms. The second-order valence-electron chi connectivity index (χ2n) is 6.60. The zero-order valence-corrected chi connectivity index (χ0v) is 17.2. The first-order chi connectivity index (χ1) is 14.9. The molecule has 0 aliphatic heterocycles. The maximum atomic E-state index is 11.6. The number of aryl methyl sites for hydroxylation is 2. The number of hydrogen-bond acceptors (Lipinski definition) is 8. The Bertz CT molecular complexity index is 1070. The summed E-state index contributed by atoms with van der Waals surface area (Å²) in [5, 5.41) is 14.0. The minimum absolute atomic E-state index is 0.000611. The lowest BCUT2D eigenvalue weighted by Gasteiger charge is -2.11. The second kappa shape index (κ2) is 10.1. The van der Waals surface area contributed by atoms with Gasteiger partial charge < -0.3 is 14.8 Å². The maximum Gasteiger partial charge on any atom is 0.306 e. The van der Waals surface area contributed by atoms with Crippen molar-refractivity contribution in [2.24, 2.45) is 0 Å². The summed E-state index contributed by atoms with van der Waals surface area (Å²) in [7, 11) is 0. The van der Waals surface area contributed by atoms with E-state index in [0.29, 0.717) is 36.2 Å². The molecule has 3 aromatic rings. The first-order valence-electron chi connectivity index (χ1n) is 9.72. The van der Waals surface area contributed by atoms with E-state index in [2.05, 4.69) is 15.3 Å². The molecule has 0 aliphatic carbocycles. The van der Waals surface area contributed by atoms with Crippen molar-refractivity contribution in [1.82, 2.24) is 9.97 Å². The van der Waals surface area contributed by atoms with E-state index in [1.54, 1.807) is 44.2 Å². The molecule has 1 heterocycles. The standard InChI is InChI=1S/C22H22N4O5/c1-3-30-22(27)12-7-17-14-21(24-15(2)23-17)25-16-5-4-6-20(13-16)31-19-10-8-18(9-11-19)26(28)29/h4-6,8-11,13-14H,3,7,12H2,1-2H3,(H,23,24,25). The van der Waals surface area contributed by atoms with Gasteiger partial charge in [-0.3, -0.25) is 14.9 Å². The fourth-order valence-electron chi connectivity index (χ4n) is 2.84. The average molecular weight is 422 g/mol. The number of carbonyl (C=O) groups excluding carboxylic acids is 1. The molecule has 0 aliphatic rings. The largest absolute Gasteiger partial charge is 0.466 e. The van der Waals surface area contributed by atoms with Crippen molar-refractivity contribution in [2.75, 3.05) is 11.9 Å². The summed E-state index contributed by atoms with van der Waals surface area (Å²) in [4.78, 5) is 30.7. The Labute approximate surface area is 179 Å². The van der Waals surface area contributed by atoms with Crippen LogP contribution in [0.25, 0.3) is 0 Å². The summed E-state index contributed by atoms with van der Waals surface area (Å²) in [5.41, 5.74) is 1.48. The number of nitrogens with zero attached hydrogens (tertiary/aromatic N) is 3. The molecule has 160 valence electrons. The van der Waals surface area contributed by atoms with E-state index in [1.807, 2.05) is 12.1 Å². The zero-order chi connectivity index (χ0) is 22.2. The highest BCUT2D eigenvalue weighted by atomic mass is 16.6. The van der Waals surface area contributed by atoms with E-state index in [9.17, 15) is 14.9 Å². The molecule has 2 aromatic carbocycles. The molecule has 0 spiro atoms. The number of hydrogen-bond donors (Lipinski definition) is 1. The Hall–Kier alpha value is -4.01. The topological polar surface area (TPSA) is 116 Å². The number of nitrogens with one attached hydrogen (secondary N) is 1. The predicted octanol–water partition coefficient (Wildman–Crippen LogP) is 4.72. The van der Waals surface area contributed by atoms with Gasteiger partial charge in [0.2, 0.25) is 0 Å². The molecule has 1 aromatic heterocycles. The monoisotopic (exact) mass is 422 g/mol.